The number of esters is 1. The number of fused-ring (bicyclic) bond motifs is 4. The van der Waals surface area contributed by atoms with E-state index in [0.29, 0.717) is 24.5 Å². The first-order valence-electron chi connectivity index (χ1n) is 8.89. The topological polar surface area (TPSA) is 44.8 Å². The minimum absolute atomic E-state index is 0.361. The molecule has 3 aromatic carbocycles. The Morgan fingerprint density at radius 2 is 1.92 bits per heavy atom. The van der Waals surface area contributed by atoms with Gasteiger partial charge < -0.3 is 14.2 Å². The highest BCUT2D eigenvalue weighted by Crippen LogP contribution is 2.26. The number of carbonyl (C=O) groups is 1. The third-order valence-corrected chi connectivity index (χ3v) is 4.37. The molecule has 1 aliphatic heterocycles. The molecule has 0 aliphatic carbocycles. The van der Waals surface area contributed by atoms with Gasteiger partial charge in [-0.25, -0.2) is 4.79 Å². The van der Waals surface area contributed by atoms with Crippen LogP contribution in [0.15, 0.2) is 48.5 Å². The van der Waals surface area contributed by atoms with Crippen molar-refractivity contribution < 1.29 is 19.0 Å². The molecule has 0 radical (unpaired) electrons. The van der Waals surface area contributed by atoms with Gasteiger partial charge >= 0.3 is 5.97 Å². The molecule has 26 heavy (non-hydrogen) atoms. The van der Waals surface area contributed by atoms with Gasteiger partial charge in [0.2, 0.25) is 0 Å². The average molecular weight is 348 g/mol. The fourth-order valence-corrected chi connectivity index (χ4v) is 3.18. The predicted octanol–water partition coefficient (Wildman–Crippen LogP) is 4.13. The van der Waals surface area contributed by atoms with Crippen LogP contribution in [0.1, 0.15) is 30.1 Å². The van der Waals surface area contributed by atoms with Crippen molar-refractivity contribution in [1.29, 1.82) is 0 Å². The summed E-state index contributed by atoms with van der Waals surface area (Å²) in [5.41, 5.74) is 0.583. The molecule has 0 atom stereocenters. The SMILES string of the molecule is CCCOc1ccc(OC(=O)c2c3cccc2c2c(c3)OCCC=2)cc1. The zero-order valence-electron chi connectivity index (χ0n) is 14.7. The lowest BCUT2D eigenvalue weighted by atomic mass is 9.98. The minimum Gasteiger partial charge on any atom is -0.494 e. The smallest absolute Gasteiger partial charge is 0.344 e. The Morgan fingerprint density at radius 3 is 2.73 bits per heavy atom. The largest absolute Gasteiger partial charge is 0.494 e. The lowest BCUT2D eigenvalue weighted by molar-refractivity contribution is 0.0738. The van der Waals surface area contributed by atoms with Crippen LogP contribution in [0.5, 0.6) is 17.2 Å². The van der Waals surface area contributed by atoms with Gasteiger partial charge in [0.15, 0.2) is 0 Å². The second kappa shape index (κ2) is 7.08. The zero-order valence-corrected chi connectivity index (χ0v) is 14.7. The number of hydrogen-bond donors (Lipinski definition) is 0. The van der Waals surface area contributed by atoms with Crippen molar-refractivity contribution >= 4 is 22.8 Å². The Labute approximate surface area is 152 Å². The second-order valence-electron chi connectivity index (χ2n) is 6.24. The molecule has 1 aliphatic rings. The molecule has 0 fully saturated rings. The van der Waals surface area contributed by atoms with Gasteiger partial charge in [0.05, 0.1) is 18.8 Å². The summed E-state index contributed by atoms with van der Waals surface area (Å²) < 4.78 is 16.9. The van der Waals surface area contributed by atoms with E-state index in [4.69, 9.17) is 14.2 Å². The van der Waals surface area contributed by atoms with Crippen molar-refractivity contribution in [2.75, 3.05) is 13.2 Å². The molecule has 4 heteroatoms. The van der Waals surface area contributed by atoms with Gasteiger partial charge in [0.25, 0.3) is 0 Å². The standard InChI is InChI=1S/C22H20O4/c1-2-12-24-16-8-10-17(11-9-16)26-22(23)21-15-5-3-6-19(21)18-7-4-13-25-20(18)14-15/h3,5-11,14H,2,4,12-13H2,1H3. The van der Waals surface area contributed by atoms with Gasteiger partial charge in [-0.3, -0.25) is 0 Å². The van der Waals surface area contributed by atoms with Gasteiger partial charge in [0, 0.05) is 17.0 Å². The van der Waals surface area contributed by atoms with Crippen molar-refractivity contribution in [3.05, 3.63) is 59.3 Å². The number of carbonyl (C=O) groups excluding carboxylic acids is 1. The highest BCUT2D eigenvalue weighted by Gasteiger charge is 2.19. The number of ether oxygens (including phenoxy) is 3. The molecule has 2 bridgehead atoms. The first-order chi connectivity index (χ1) is 12.8. The molecule has 3 aromatic rings. The third kappa shape index (κ3) is 3.10. The molecule has 0 spiro atoms. The Hall–Kier alpha value is -3.01. The summed E-state index contributed by atoms with van der Waals surface area (Å²) in [4.78, 5) is 12.8. The number of benzene rings is 3. The lowest BCUT2D eigenvalue weighted by Crippen LogP contribution is -2.20. The maximum Gasteiger partial charge on any atom is 0.344 e. The van der Waals surface area contributed by atoms with E-state index in [1.54, 1.807) is 12.1 Å². The van der Waals surface area contributed by atoms with Crippen LogP contribution in [0.25, 0.3) is 16.8 Å². The minimum atomic E-state index is -0.361. The summed E-state index contributed by atoms with van der Waals surface area (Å²) in [6, 6.07) is 14.8. The fraction of sp³-hybridized carbons (Fsp3) is 0.227. The van der Waals surface area contributed by atoms with E-state index in [1.807, 2.05) is 36.4 Å². The van der Waals surface area contributed by atoms with Crippen LogP contribution in [0.4, 0.5) is 0 Å². The van der Waals surface area contributed by atoms with Crippen LogP contribution in [0.2, 0.25) is 0 Å². The first kappa shape index (κ1) is 16.5. The van der Waals surface area contributed by atoms with E-state index in [1.165, 1.54) is 0 Å². The molecule has 0 amide bonds. The Morgan fingerprint density at radius 1 is 1.12 bits per heavy atom. The first-order valence-corrected chi connectivity index (χ1v) is 8.89. The van der Waals surface area contributed by atoms with E-state index >= 15 is 0 Å². The molecule has 1 heterocycles. The fourth-order valence-electron chi connectivity index (χ4n) is 3.18. The average Bonchev–Trinajstić information content (AvgIpc) is 2.67. The van der Waals surface area contributed by atoms with Gasteiger partial charge in [-0.2, -0.15) is 0 Å². The predicted molar refractivity (Wildman–Crippen MR) is 101 cm³/mol. The summed E-state index contributed by atoms with van der Waals surface area (Å²) in [5.74, 6) is 1.74. The van der Waals surface area contributed by atoms with E-state index in [-0.39, 0.29) is 5.97 Å². The molecular formula is C22H20O4. The van der Waals surface area contributed by atoms with Gasteiger partial charge in [-0.05, 0) is 42.1 Å². The van der Waals surface area contributed by atoms with Gasteiger partial charge in [-0.1, -0.05) is 31.2 Å². The molecule has 4 rings (SSSR count). The molecule has 0 N–H and O–H groups in total. The van der Waals surface area contributed by atoms with E-state index in [9.17, 15) is 4.79 Å². The van der Waals surface area contributed by atoms with E-state index in [0.717, 1.165) is 40.3 Å². The molecule has 132 valence electrons. The summed E-state index contributed by atoms with van der Waals surface area (Å²) in [6.45, 7) is 3.40. The van der Waals surface area contributed by atoms with Crippen LogP contribution in [-0.2, 0) is 0 Å². The highest BCUT2D eigenvalue weighted by atomic mass is 16.5. The van der Waals surface area contributed by atoms with Crippen LogP contribution in [-0.4, -0.2) is 19.2 Å². The Bertz CT molecular complexity index is 989. The third-order valence-electron chi connectivity index (χ3n) is 4.37. The van der Waals surface area contributed by atoms with Crippen LogP contribution >= 0.6 is 0 Å². The van der Waals surface area contributed by atoms with Crippen molar-refractivity contribution in [2.24, 2.45) is 0 Å². The second-order valence-corrected chi connectivity index (χ2v) is 6.24. The quantitative estimate of drug-likeness (QED) is 0.514. The highest BCUT2D eigenvalue weighted by molar-refractivity contribution is 6.08. The van der Waals surface area contributed by atoms with Crippen LogP contribution in [0, 0.1) is 0 Å². The summed E-state index contributed by atoms with van der Waals surface area (Å²) >= 11 is 0. The molecule has 4 nitrogen and oxygen atoms in total. The van der Waals surface area contributed by atoms with Gasteiger partial charge in [0.1, 0.15) is 17.2 Å². The van der Waals surface area contributed by atoms with Crippen LogP contribution < -0.4 is 19.4 Å². The van der Waals surface area contributed by atoms with Crippen LogP contribution in [0.3, 0.4) is 0 Å². The summed E-state index contributed by atoms with van der Waals surface area (Å²) in [6.07, 6.45) is 3.90. The Balaban J connectivity index is 1.63. The summed E-state index contributed by atoms with van der Waals surface area (Å²) in [5, 5.41) is 2.66. The lowest BCUT2D eigenvalue weighted by Gasteiger charge is -2.16. The maximum absolute atomic E-state index is 12.8. The monoisotopic (exact) mass is 348 g/mol. The zero-order chi connectivity index (χ0) is 17.9. The Kier molecular flexibility index (Phi) is 4.48. The van der Waals surface area contributed by atoms with Crippen molar-refractivity contribution in [3.8, 4) is 17.2 Å². The molecule has 0 saturated carbocycles. The van der Waals surface area contributed by atoms with Crippen molar-refractivity contribution in [2.45, 2.75) is 19.8 Å². The molecule has 0 aromatic heterocycles. The van der Waals surface area contributed by atoms with Crippen molar-refractivity contribution in [1.82, 2.24) is 0 Å². The van der Waals surface area contributed by atoms with E-state index < -0.39 is 0 Å². The van der Waals surface area contributed by atoms with Crippen molar-refractivity contribution in [3.63, 3.8) is 0 Å². The maximum atomic E-state index is 12.8. The van der Waals surface area contributed by atoms with Gasteiger partial charge in [-0.15, -0.1) is 0 Å². The summed E-state index contributed by atoms with van der Waals surface area (Å²) in [7, 11) is 0. The molecule has 0 unspecified atom stereocenters. The number of hydrogen-bond acceptors (Lipinski definition) is 4. The van der Waals surface area contributed by atoms with E-state index in [2.05, 4.69) is 13.0 Å². The number of rotatable bonds is 5. The molecular weight excluding hydrogens is 328 g/mol. The molecule has 0 saturated heterocycles. The normalized spacial score (nSPS) is 12.8.